The first kappa shape index (κ1) is 12.4. The topological polar surface area (TPSA) is 35.2 Å². The maximum Gasteiger partial charge on any atom is 0.129 e. The van der Waals surface area contributed by atoms with Crippen LogP contribution in [0.1, 0.15) is 43.2 Å². The van der Waals surface area contributed by atoms with Crippen molar-refractivity contribution in [1.82, 2.24) is 0 Å². The number of benzene rings is 1. The molecule has 0 radical (unpaired) electrons. The largest absolute Gasteiger partial charge is 0.496 e. The van der Waals surface area contributed by atoms with Crippen LogP contribution in [-0.2, 0) is 5.54 Å². The van der Waals surface area contributed by atoms with Crippen LogP contribution < -0.4 is 10.5 Å². The van der Waals surface area contributed by atoms with Gasteiger partial charge in [0.2, 0.25) is 0 Å². The lowest BCUT2D eigenvalue weighted by Crippen LogP contribution is -2.39. The zero-order valence-corrected chi connectivity index (χ0v) is 10.6. The molecule has 1 fully saturated rings. The van der Waals surface area contributed by atoms with Crippen molar-refractivity contribution in [3.8, 4) is 5.75 Å². The Labute approximate surface area is 102 Å². The molecule has 1 aromatic carbocycles. The standard InChI is InChI=1S/C14H20FNO/c1-10-12(15)7-6-11(13(10)17-2)14(16)8-4-3-5-9-14/h6-7H,3-5,8-9,16H2,1-2H3. The smallest absolute Gasteiger partial charge is 0.129 e. The monoisotopic (exact) mass is 237 g/mol. The van der Waals surface area contributed by atoms with Gasteiger partial charge in [0.25, 0.3) is 0 Å². The minimum Gasteiger partial charge on any atom is -0.496 e. The molecule has 0 aromatic heterocycles. The third kappa shape index (κ3) is 2.16. The molecule has 1 aromatic rings. The van der Waals surface area contributed by atoms with Crippen molar-refractivity contribution in [2.45, 2.75) is 44.6 Å². The van der Waals surface area contributed by atoms with Crippen molar-refractivity contribution >= 4 is 0 Å². The highest BCUT2D eigenvalue weighted by molar-refractivity contribution is 5.45. The number of halogens is 1. The lowest BCUT2D eigenvalue weighted by Gasteiger charge is -2.35. The van der Waals surface area contributed by atoms with Crippen molar-refractivity contribution in [2.24, 2.45) is 5.73 Å². The molecule has 1 aliphatic carbocycles. The van der Waals surface area contributed by atoms with E-state index in [1.54, 1.807) is 20.1 Å². The highest BCUT2D eigenvalue weighted by atomic mass is 19.1. The second-order valence-electron chi connectivity index (χ2n) is 4.97. The molecule has 1 saturated carbocycles. The second kappa shape index (κ2) is 4.65. The Morgan fingerprint density at radius 2 is 1.88 bits per heavy atom. The first-order valence-electron chi connectivity index (χ1n) is 6.21. The van der Waals surface area contributed by atoms with Gasteiger partial charge in [-0.1, -0.05) is 25.3 Å². The average molecular weight is 237 g/mol. The molecule has 2 nitrogen and oxygen atoms in total. The molecule has 17 heavy (non-hydrogen) atoms. The molecule has 0 saturated heterocycles. The van der Waals surface area contributed by atoms with Gasteiger partial charge < -0.3 is 10.5 Å². The first-order valence-corrected chi connectivity index (χ1v) is 6.21. The molecule has 3 heteroatoms. The van der Waals surface area contributed by atoms with Crippen LogP contribution in [0.25, 0.3) is 0 Å². The summed E-state index contributed by atoms with van der Waals surface area (Å²) in [4.78, 5) is 0. The van der Waals surface area contributed by atoms with Crippen molar-refractivity contribution in [2.75, 3.05) is 7.11 Å². The van der Waals surface area contributed by atoms with Gasteiger partial charge in [-0.2, -0.15) is 0 Å². The highest BCUT2D eigenvalue weighted by Crippen LogP contribution is 2.40. The summed E-state index contributed by atoms with van der Waals surface area (Å²) < 4.78 is 18.9. The zero-order valence-electron chi connectivity index (χ0n) is 10.6. The Kier molecular flexibility index (Phi) is 3.38. The summed E-state index contributed by atoms with van der Waals surface area (Å²) in [5.74, 6) is 0.388. The van der Waals surface area contributed by atoms with Crippen LogP contribution in [0, 0.1) is 12.7 Å². The fourth-order valence-corrected chi connectivity index (χ4v) is 2.77. The molecule has 0 unspecified atom stereocenters. The van der Waals surface area contributed by atoms with Gasteiger partial charge in [0.1, 0.15) is 11.6 Å². The number of hydrogen-bond donors (Lipinski definition) is 1. The molecule has 0 heterocycles. The van der Waals surface area contributed by atoms with E-state index in [0.29, 0.717) is 11.3 Å². The molecule has 0 bridgehead atoms. The summed E-state index contributed by atoms with van der Waals surface area (Å²) in [7, 11) is 1.58. The summed E-state index contributed by atoms with van der Waals surface area (Å²) in [6, 6.07) is 3.28. The number of rotatable bonds is 2. The first-order chi connectivity index (χ1) is 8.08. The zero-order chi connectivity index (χ0) is 12.5. The normalized spacial score (nSPS) is 19.1. The third-order valence-electron chi connectivity index (χ3n) is 3.83. The van der Waals surface area contributed by atoms with Gasteiger partial charge in [0.15, 0.2) is 0 Å². The summed E-state index contributed by atoms with van der Waals surface area (Å²) in [5.41, 5.74) is 7.64. The fraction of sp³-hybridized carbons (Fsp3) is 0.571. The van der Waals surface area contributed by atoms with Crippen LogP contribution in [0.3, 0.4) is 0 Å². The Bertz CT molecular complexity index is 411. The van der Waals surface area contributed by atoms with E-state index in [-0.39, 0.29) is 11.4 Å². The minimum atomic E-state index is -0.345. The van der Waals surface area contributed by atoms with E-state index < -0.39 is 0 Å². The molecule has 0 spiro atoms. The van der Waals surface area contributed by atoms with E-state index in [9.17, 15) is 4.39 Å². The van der Waals surface area contributed by atoms with E-state index in [4.69, 9.17) is 10.5 Å². The Balaban J connectivity index is 2.47. The van der Waals surface area contributed by atoms with E-state index >= 15 is 0 Å². The molecule has 2 rings (SSSR count). The van der Waals surface area contributed by atoms with Crippen molar-refractivity contribution < 1.29 is 9.13 Å². The van der Waals surface area contributed by atoms with Gasteiger partial charge in [-0.05, 0) is 25.8 Å². The van der Waals surface area contributed by atoms with Crippen molar-refractivity contribution in [1.29, 1.82) is 0 Å². The number of methoxy groups -OCH3 is 1. The van der Waals surface area contributed by atoms with Gasteiger partial charge in [-0.25, -0.2) is 4.39 Å². The van der Waals surface area contributed by atoms with Crippen LogP contribution in [0.5, 0.6) is 5.75 Å². The van der Waals surface area contributed by atoms with Crippen molar-refractivity contribution in [3.05, 3.63) is 29.1 Å². The maximum absolute atomic E-state index is 13.5. The average Bonchev–Trinajstić information content (AvgIpc) is 2.33. The second-order valence-corrected chi connectivity index (χ2v) is 4.97. The van der Waals surface area contributed by atoms with Crippen LogP contribution in [-0.4, -0.2) is 7.11 Å². The molecule has 0 atom stereocenters. The predicted octanol–water partition coefficient (Wildman–Crippen LogP) is 3.26. The summed E-state index contributed by atoms with van der Waals surface area (Å²) in [5, 5.41) is 0. The quantitative estimate of drug-likeness (QED) is 0.856. The minimum absolute atomic E-state index is 0.231. The van der Waals surface area contributed by atoms with Crippen LogP contribution in [0.15, 0.2) is 12.1 Å². The lowest BCUT2D eigenvalue weighted by atomic mass is 9.76. The summed E-state index contributed by atoms with van der Waals surface area (Å²) in [6.45, 7) is 1.74. The number of nitrogens with two attached hydrogens (primary N) is 1. The number of ether oxygens (including phenoxy) is 1. The molecule has 1 aliphatic rings. The molecule has 0 aliphatic heterocycles. The van der Waals surface area contributed by atoms with Gasteiger partial charge in [-0.15, -0.1) is 0 Å². The molecule has 0 amide bonds. The van der Waals surface area contributed by atoms with Crippen LogP contribution >= 0.6 is 0 Å². The lowest BCUT2D eigenvalue weighted by molar-refractivity contribution is 0.287. The maximum atomic E-state index is 13.5. The van der Waals surface area contributed by atoms with E-state index in [0.717, 1.165) is 31.2 Å². The SMILES string of the molecule is COc1c(C2(N)CCCCC2)ccc(F)c1C. The van der Waals surface area contributed by atoms with E-state index in [1.807, 2.05) is 0 Å². The predicted molar refractivity (Wildman–Crippen MR) is 66.6 cm³/mol. The van der Waals surface area contributed by atoms with Gasteiger partial charge in [0, 0.05) is 16.7 Å². The third-order valence-corrected chi connectivity index (χ3v) is 3.83. The van der Waals surface area contributed by atoms with Crippen molar-refractivity contribution in [3.63, 3.8) is 0 Å². The van der Waals surface area contributed by atoms with E-state index in [1.165, 1.54) is 12.5 Å². The van der Waals surface area contributed by atoms with Crippen LogP contribution in [0.4, 0.5) is 4.39 Å². The Hall–Kier alpha value is -1.09. The molecule has 94 valence electrons. The Morgan fingerprint density at radius 3 is 2.47 bits per heavy atom. The highest BCUT2D eigenvalue weighted by Gasteiger charge is 2.33. The van der Waals surface area contributed by atoms with Gasteiger partial charge >= 0.3 is 0 Å². The molecule has 2 N–H and O–H groups in total. The molecular formula is C14H20FNO. The Morgan fingerprint density at radius 1 is 1.24 bits per heavy atom. The van der Waals surface area contributed by atoms with E-state index in [2.05, 4.69) is 0 Å². The fourth-order valence-electron chi connectivity index (χ4n) is 2.77. The number of hydrogen-bond acceptors (Lipinski definition) is 2. The van der Waals surface area contributed by atoms with Crippen LogP contribution in [0.2, 0.25) is 0 Å². The summed E-state index contributed by atoms with van der Waals surface area (Å²) in [6.07, 6.45) is 5.41. The van der Waals surface area contributed by atoms with Gasteiger partial charge in [-0.3, -0.25) is 0 Å². The summed E-state index contributed by atoms with van der Waals surface area (Å²) >= 11 is 0. The molecular weight excluding hydrogens is 217 g/mol. The van der Waals surface area contributed by atoms with Gasteiger partial charge in [0.05, 0.1) is 7.11 Å².